The number of hydrogen-bond donors (Lipinski definition) is 5. The molecule has 2 aromatic carbocycles. The number of piperazine rings is 1. The Balaban J connectivity index is 0.665. The van der Waals surface area contributed by atoms with Crippen LogP contribution >= 0.6 is 34.3 Å². The van der Waals surface area contributed by atoms with E-state index in [1.165, 1.54) is 29.1 Å². The van der Waals surface area contributed by atoms with Crippen molar-refractivity contribution in [3.8, 4) is 10.4 Å². The van der Waals surface area contributed by atoms with Crippen LogP contribution in [0.15, 0.2) is 60.2 Å². The topological polar surface area (TPSA) is 216 Å². The number of unbranched alkanes of at least 4 members (excludes halogenated alkanes) is 7. The number of halogens is 1. The maximum Gasteiger partial charge on any atom is 0.267 e. The van der Waals surface area contributed by atoms with Crippen LogP contribution in [-0.4, -0.2) is 142 Å². The number of aromatic nitrogens is 4. The third-order valence-electron chi connectivity index (χ3n) is 14.4. The van der Waals surface area contributed by atoms with E-state index >= 15 is 0 Å². The first-order chi connectivity index (χ1) is 38.5. The highest BCUT2D eigenvalue weighted by Crippen LogP contribution is 2.31. The zero-order valence-corrected chi connectivity index (χ0v) is 49.9. The Labute approximate surface area is 485 Å². The van der Waals surface area contributed by atoms with E-state index in [9.17, 15) is 24.3 Å². The first-order valence-electron chi connectivity index (χ1n) is 28.3. The van der Waals surface area contributed by atoms with Crippen LogP contribution in [0, 0.1) is 26.2 Å². The second kappa shape index (κ2) is 31.0. The Hall–Kier alpha value is -5.61. The van der Waals surface area contributed by atoms with E-state index in [1.54, 1.807) is 23.6 Å². The number of rotatable bonds is 30. The molecular weight excluding hydrogens is 1070 g/mol. The van der Waals surface area contributed by atoms with E-state index in [0.717, 1.165) is 124 Å². The molecule has 0 bridgehead atoms. The number of anilines is 4. The summed E-state index contributed by atoms with van der Waals surface area (Å²) in [5.41, 5.74) is 5.65. The summed E-state index contributed by atoms with van der Waals surface area (Å²) in [6, 6.07) is 13.7. The smallest absolute Gasteiger partial charge is 0.267 e. The fraction of sp³-hybridized carbons (Fsp3) is 0.559. The molecule has 2 saturated heterocycles. The average molecular weight is 1160 g/mol. The van der Waals surface area contributed by atoms with E-state index in [1.807, 2.05) is 89.5 Å². The van der Waals surface area contributed by atoms with E-state index in [0.29, 0.717) is 52.0 Å². The number of hydrogen-bond acceptors (Lipinski definition) is 16. The minimum absolute atomic E-state index is 0.0341. The Morgan fingerprint density at radius 3 is 2.17 bits per heavy atom. The summed E-state index contributed by atoms with van der Waals surface area (Å²) in [6.07, 6.45) is 11.2. The number of thiazole rings is 2. The van der Waals surface area contributed by atoms with Crippen LogP contribution < -0.4 is 26.2 Å². The zero-order chi connectivity index (χ0) is 57.0. The molecule has 434 valence electrons. The van der Waals surface area contributed by atoms with Crippen LogP contribution in [0.4, 0.5) is 22.5 Å². The van der Waals surface area contributed by atoms with Crippen LogP contribution in [0.2, 0.25) is 5.02 Å². The van der Waals surface area contributed by atoms with Gasteiger partial charge in [-0.25, -0.2) is 19.9 Å². The molecule has 0 unspecified atom stereocenters. The molecule has 5 aromatic rings. The number of nitrogens with zero attached hydrogens (tertiary/aromatic N) is 7. The number of ether oxygens (including phenoxy) is 2. The molecule has 0 radical (unpaired) electrons. The molecule has 80 heavy (non-hydrogen) atoms. The highest BCUT2D eigenvalue weighted by atomic mass is 35.5. The lowest BCUT2D eigenvalue weighted by Gasteiger charge is -2.35. The minimum Gasteiger partial charge on any atom is -0.391 e. The largest absolute Gasteiger partial charge is 0.391 e. The number of benzene rings is 2. The number of amides is 4. The Bertz CT molecular complexity index is 2760. The molecule has 2 fully saturated rings. The van der Waals surface area contributed by atoms with Crippen molar-refractivity contribution in [3.63, 3.8) is 0 Å². The molecule has 18 nitrogen and oxygen atoms in total. The number of β-amino-alcohol motifs (C(OH)–C–C–N with tert-alkyl or cyclic N) is 1. The number of aryl methyl sites for hydroxylation is 3. The SMILES string of the molecule is Cc1nc(Nc2ncc(C(=O)Nc3c(C)cccc3Cl)s2)cc(N2CCN(CCCCCCOCCCCCOCCCCCC(=O)N[C@H](C(=O)N3C[C@H](O)C[C@H]3C(=O)NCc3ccc(-c4scnc4C)cc3)C(C)(C)C)CC2)n1. The third kappa shape index (κ3) is 19.0. The molecule has 0 saturated carbocycles. The number of nitrogens with one attached hydrogen (secondary N) is 4. The Morgan fingerprint density at radius 1 is 0.838 bits per heavy atom. The molecule has 5 N–H and O–H groups in total. The fourth-order valence-corrected chi connectivity index (χ4v) is 11.7. The third-order valence-corrected chi connectivity index (χ3v) is 16.6. The van der Waals surface area contributed by atoms with Crippen molar-refractivity contribution in [1.29, 1.82) is 0 Å². The number of aliphatic hydroxyl groups excluding tert-OH is 1. The van der Waals surface area contributed by atoms with Gasteiger partial charge < -0.3 is 45.6 Å². The minimum atomic E-state index is -0.852. The first kappa shape index (κ1) is 62.0. The van der Waals surface area contributed by atoms with E-state index in [2.05, 4.69) is 46.0 Å². The number of aliphatic hydroxyl groups is 1. The number of carbonyl (C=O) groups excluding carboxylic acids is 4. The Morgan fingerprint density at radius 2 is 1.51 bits per heavy atom. The number of para-hydroxylation sites is 1. The standard InChI is InChI=1S/C59H82ClN11O7S2/c1-40-18-17-19-46(60)52(40)68-56(75)48-37-62-58(80-48)66-49-35-50(65-42(3)64-49)70-28-26-69(27-29-70)25-12-7-8-13-30-77-32-15-10-16-33-78-31-14-9-11-20-51(73)67-54(59(4,5)6)57(76)71-38-45(72)34-47(71)55(74)61-36-43-21-23-44(24-22-43)53-41(2)63-39-79-53/h17-19,21-24,35,37,39,45,47,54,72H,7-16,20,25-34,36,38H2,1-6H3,(H,61,74)(H,67,73)(H,68,75)(H,62,64,65,66)/t45-,47+,54-/m1/s1. The lowest BCUT2D eigenvalue weighted by molar-refractivity contribution is -0.144. The van der Waals surface area contributed by atoms with Crippen LogP contribution in [0.3, 0.4) is 0 Å². The number of carbonyl (C=O) groups is 4. The van der Waals surface area contributed by atoms with Gasteiger partial charge in [0, 0.05) is 84.6 Å². The van der Waals surface area contributed by atoms with Crippen molar-refractivity contribution >= 4 is 80.4 Å². The molecule has 7 rings (SSSR count). The van der Waals surface area contributed by atoms with Gasteiger partial charge in [-0.1, -0.05) is 99.4 Å². The molecule has 0 aliphatic carbocycles. The molecule has 4 amide bonds. The van der Waals surface area contributed by atoms with Crippen molar-refractivity contribution in [2.24, 2.45) is 5.41 Å². The maximum atomic E-state index is 14.0. The van der Waals surface area contributed by atoms with E-state index in [-0.39, 0.29) is 49.6 Å². The quantitative estimate of drug-likeness (QED) is 0.0271. The normalized spacial score (nSPS) is 16.2. The summed E-state index contributed by atoms with van der Waals surface area (Å²) in [6.45, 7) is 19.5. The summed E-state index contributed by atoms with van der Waals surface area (Å²) in [5.74, 6) is 1.01. The molecule has 3 atom stereocenters. The first-order valence-corrected chi connectivity index (χ1v) is 30.4. The molecule has 2 aliphatic rings. The van der Waals surface area contributed by atoms with E-state index < -0.39 is 23.6 Å². The summed E-state index contributed by atoms with van der Waals surface area (Å²) in [5, 5.41) is 23.7. The molecule has 3 aromatic heterocycles. The highest BCUT2D eigenvalue weighted by Gasteiger charge is 2.44. The molecule has 5 heterocycles. The van der Waals surface area contributed by atoms with Gasteiger partial charge in [0.25, 0.3) is 5.91 Å². The molecule has 0 spiro atoms. The molecule has 21 heteroatoms. The lowest BCUT2D eigenvalue weighted by atomic mass is 9.85. The van der Waals surface area contributed by atoms with Crippen molar-refractivity contribution in [3.05, 3.63) is 92.8 Å². The van der Waals surface area contributed by atoms with Gasteiger partial charge in [-0.3, -0.25) is 24.1 Å². The fourth-order valence-electron chi connectivity index (χ4n) is 9.85. The predicted octanol–water partition coefficient (Wildman–Crippen LogP) is 9.89. The summed E-state index contributed by atoms with van der Waals surface area (Å²) in [4.78, 5) is 79.5. The summed E-state index contributed by atoms with van der Waals surface area (Å²) >= 11 is 9.15. The monoisotopic (exact) mass is 1160 g/mol. The van der Waals surface area contributed by atoms with Crippen LogP contribution in [0.5, 0.6) is 0 Å². The highest BCUT2D eigenvalue weighted by molar-refractivity contribution is 7.17. The van der Waals surface area contributed by atoms with Crippen molar-refractivity contribution in [2.75, 3.05) is 81.2 Å². The predicted molar refractivity (Wildman–Crippen MR) is 319 cm³/mol. The van der Waals surface area contributed by atoms with Gasteiger partial charge in [-0.05, 0) is 100 Å². The molecule has 2 aliphatic heterocycles. The van der Waals surface area contributed by atoms with Gasteiger partial charge in [0.05, 0.1) is 39.1 Å². The Kier molecular flexibility index (Phi) is 24.0. The zero-order valence-electron chi connectivity index (χ0n) is 47.5. The average Bonchev–Trinajstić information content (AvgIpc) is 4.23. The van der Waals surface area contributed by atoms with Crippen molar-refractivity contribution in [1.82, 2.24) is 40.4 Å². The van der Waals surface area contributed by atoms with Gasteiger partial charge in [0.1, 0.15) is 34.4 Å². The summed E-state index contributed by atoms with van der Waals surface area (Å²) < 4.78 is 11.8. The maximum absolute atomic E-state index is 14.0. The van der Waals surface area contributed by atoms with E-state index in [4.69, 9.17) is 26.1 Å². The van der Waals surface area contributed by atoms with Crippen molar-refractivity contribution < 1.29 is 33.8 Å². The van der Waals surface area contributed by atoms with Gasteiger partial charge >= 0.3 is 0 Å². The van der Waals surface area contributed by atoms with Gasteiger partial charge in [-0.2, -0.15) is 0 Å². The number of likely N-dealkylation sites (tertiary alicyclic amines) is 1. The van der Waals surface area contributed by atoms with Gasteiger partial charge in [0.2, 0.25) is 17.7 Å². The molecular formula is C59H82ClN11O7S2. The van der Waals surface area contributed by atoms with Crippen LogP contribution in [0.1, 0.15) is 130 Å². The summed E-state index contributed by atoms with van der Waals surface area (Å²) in [7, 11) is 0. The second-order valence-electron chi connectivity index (χ2n) is 22.0. The van der Waals surface area contributed by atoms with Gasteiger partial charge in [-0.15, -0.1) is 11.3 Å². The van der Waals surface area contributed by atoms with Crippen LogP contribution in [0.25, 0.3) is 10.4 Å². The lowest BCUT2D eigenvalue weighted by Crippen LogP contribution is -2.57. The van der Waals surface area contributed by atoms with Crippen LogP contribution in [-0.2, 0) is 30.4 Å². The second-order valence-corrected chi connectivity index (χ2v) is 24.3. The van der Waals surface area contributed by atoms with Crippen molar-refractivity contribution in [2.45, 2.75) is 143 Å². The van der Waals surface area contributed by atoms with Gasteiger partial charge in [0.15, 0.2) is 5.13 Å².